The predicted molar refractivity (Wildman–Crippen MR) is 80.5 cm³/mol. The fourth-order valence-electron chi connectivity index (χ4n) is 2.50. The molecular formula is C14H17N3O2S. The fourth-order valence-corrected chi connectivity index (χ4v) is 3.70. The van der Waals surface area contributed by atoms with Gasteiger partial charge in [0.15, 0.2) is 9.84 Å². The smallest absolute Gasteiger partial charge is 0.153 e. The van der Waals surface area contributed by atoms with Crippen molar-refractivity contribution in [1.29, 1.82) is 0 Å². The lowest BCUT2D eigenvalue weighted by Crippen LogP contribution is -2.41. The maximum absolute atomic E-state index is 11.5. The van der Waals surface area contributed by atoms with Crippen molar-refractivity contribution >= 4 is 26.6 Å². The van der Waals surface area contributed by atoms with Crippen LogP contribution in [0.4, 0.5) is 5.82 Å². The highest BCUT2D eigenvalue weighted by Crippen LogP contribution is 2.24. The molecule has 2 N–H and O–H groups in total. The summed E-state index contributed by atoms with van der Waals surface area (Å²) in [4.78, 5) is 6.69. The van der Waals surface area contributed by atoms with Crippen LogP contribution in [0.15, 0.2) is 30.3 Å². The van der Waals surface area contributed by atoms with E-state index in [4.69, 9.17) is 5.73 Å². The minimum atomic E-state index is -2.89. The Morgan fingerprint density at radius 1 is 1.20 bits per heavy atom. The van der Waals surface area contributed by atoms with Gasteiger partial charge in [-0.3, -0.25) is 0 Å². The average molecular weight is 291 g/mol. The van der Waals surface area contributed by atoms with Gasteiger partial charge in [0.2, 0.25) is 0 Å². The quantitative estimate of drug-likeness (QED) is 0.890. The Morgan fingerprint density at radius 3 is 2.60 bits per heavy atom. The lowest BCUT2D eigenvalue weighted by atomic mass is 10.1. The Kier molecular flexibility index (Phi) is 3.35. The molecule has 1 aromatic carbocycles. The van der Waals surface area contributed by atoms with Gasteiger partial charge in [-0.25, -0.2) is 13.4 Å². The zero-order chi connectivity index (χ0) is 14.2. The van der Waals surface area contributed by atoms with Crippen molar-refractivity contribution in [1.82, 2.24) is 4.98 Å². The number of aromatic nitrogens is 1. The normalized spacial score (nSPS) is 18.4. The summed E-state index contributed by atoms with van der Waals surface area (Å²) < 4.78 is 23.0. The molecule has 0 aliphatic carbocycles. The van der Waals surface area contributed by atoms with Crippen LogP contribution >= 0.6 is 0 Å². The molecule has 0 atom stereocenters. The Morgan fingerprint density at radius 2 is 1.90 bits per heavy atom. The van der Waals surface area contributed by atoms with E-state index in [1.807, 2.05) is 35.2 Å². The first-order valence-corrected chi connectivity index (χ1v) is 8.45. The number of hydrogen-bond donors (Lipinski definition) is 1. The van der Waals surface area contributed by atoms with Gasteiger partial charge in [0.1, 0.15) is 5.82 Å². The summed E-state index contributed by atoms with van der Waals surface area (Å²) >= 11 is 0. The molecule has 0 bridgehead atoms. The van der Waals surface area contributed by atoms with Crippen LogP contribution in [0.5, 0.6) is 0 Å². The molecule has 106 valence electrons. The summed E-state index contributed by atoms with van der Waals surface area (Å²) in [5, 5.41) is 1.06. The van der Waals surface area contributed by atoms with Gasteiger partial charge in [0.05, 0.1) is 17.0 Å². The number of benzene rings is 1. The summed E-state index contributed by atoms with van der Waals surface area (Å²) in [7, 11) is -2.89. The van der Waals surface area contributed by atoms with Gasteiger partial charge in [-0.1, -0.05) is 18.2 Å². The highest BCUT2D eigenvalue weighted by Gasteiger charge is 2.24. The van der Waals surface area contributed by atoms with Crippen molar-refractivity contribution in [3.63, 3.8) is 0 Å². The molecule has 20 heavy (non-hydrogen) atoms. The molecule has 3 rings (SSSR count). The largest absolute Gasteiger partial charge is 0.354 e. The van der Waals surface area contributed by atoms with E-state index in [0.29, 0.717) is 19.6 Å². The van der Waals surface area contributed by atoms with Gasteiger partial charge < -0.3 is 10.6 Å². The first kappa shape index (κ1) is 13.3. The molecule has 0 spiro atoms. The maximum atomic E-state index is 11.5. The second-order valence-electron chi connectivity index (χ2n) is 5.01. The lowest BCUT2D eigenvalue weighted by Gasteiger charge is -2.29. The fraction of sp³-hybridized carbons (Fsp3) is 0.357. The number of rotatable bonds is 2. The lowest BCUT2D eigenvalue weighted by molar-refractivity contribution is 0.586. The summed E-state index contributed by atoms with van der Waals surface area (Å²) in [5.74, 6) is 1.19. The molecular weight excluding hydrogens is 274 g/mol. The van der Waals surface area contributed by atoms with Gasteiger partial charge >= 0.3 is 0 Å². The van der Waals surface area contributed by atoms with Crippen LogP contribution in [0.3, 0.4) is 0 Å². The molecule has 0 saturated carbocycles. The molecule has 0 unspecified atom stereocenters. The van der Waals surface area contributed by atoms with Crippen LogP contribution in [0.25, 0.3) is 10.9 Å². The van der Waals surface area contributed by atoms with Crippen LogP contribution in [-0.4, -0.2) is 38.0 Å². The van der Waals surface area contributed by atoms with Crippen molar-refractivity contribution in [2.75, 3.05) is 29.5 Å². The zero-order valence-corrected chi connectivity index (χ0v) is 11.9. The standard InChI is InChI=1S/C14H17N3O2S/c15-10-12-9-11-3-1-2-4-13(11)16-14(12)17-5-7-20(18,19)8-6-17/h1-4,9H,5-8,10,15H2. The van der Waals surface area contributed by atoms with Gasteiger partial charge in [0.25, 0.3) is 0 Å². The van der Waals surface area contributed by atoms with Crippen molar-refractivity contribution in [2.45, 2.75) is 6.54 Å². The maximum Gasteiger partial charge on any atom is 0.153 e. The second kappa shape index (κ2) is 5.03. The number of sulfone groups is 1. The molecule has 1 aliphatic rings. The molecule has 1 aromatic heterocycles. The molecule has 2 aromatic rings. The van der Waals surface area contributed by atoms with E-state index < -0.39 is 9.84 Å². The number of nitrogens with two attached hydrogens (primary N) is 1. The third kappa shape index (κ3) is 2.48. The van der Waals surface area contributed by atoms with E-state index in [1.165, 1.54) is 0 Å². The van der Waals surface area contributed by atoms with E-state index in [2.05, 4.69) is 4.98 Å². The molecule has 1 aliphatic heterocycles. The highest BCUT2D eigenvalue weighted by atomic mass is 32.2. The molecule has 1 saturated heterocycles. The number of pyridine rings is 1. The minimum absolute atomic E-state index is 0.186. The van der Waals surface area contributed by atoms with Gasteiger partial charge in [0, 0.05) is 30.6 Å². The Balaban J connectivity index is 2.02. The molecule has 6 heteroatoms. The number of anilines is 1. The minimum Gasteiger partial charge on any atom is -0.354 e. The summed E-state index contributed by atoms with van der Waals surface area (Å²) in [5.41, 5.74) is 7.69. The van der Waals surface area contributed by atoms with Crippen molar-refractivity contribution < 1.29 is 8.42 Å². The number of para-hydroxylation sites is 1. The van der Waals surface area contributed by atoms with Gasteiger partial charge in [-0.15, -0.1) is 0 Å². The van der Waals surface area contributed by atoms with E-state index in [0.717, 1.165) is 22.3 Å². The van der Waals surface area contributed by atoms with Crippen LogP contribution in [0.1, 0.15) is 5.56 Å². The first-order chi connectivity index (χ1) is 9.59. The van der Waals surface area contributed by atoms with Crippen LogP contribution in [-0.2, 0) is 16.4 Å². The summed E-state index contributed by atoms with van der Waals surface area (Å²) in [6, 6.07) is 9.92. The van der Waals surface area contributed by atoms with Crippen LogP contribution in [0.2, 0.25) is 0 Å². The van der Waals surface area contributed by atoms with E-state index in [-0.39, 0.29) is 11.5 Å². The van der Waals surface area contributed by atoms with Gasteiger partial charge in [-0.2, -0.15) is 0 Å². The monoisotopic (exact) mass is 291 g/mol. The molecule has 0 radical (unpaired) electrons. The SMILES string of the molecule is NCc1cc2ccccc2nc1N1CCS(=O)(=O)CC1. The van der Waals surface area contributed by atoms with Crippen LogP contribution < -0.4 is 10.6 Å². The Bertz CT molecular complexity index is 729. The van der Waals surface area contributed by atoms with E-state index in [1.54, 1.807) is 0 Å². The third-order valence-electron chi connectivity index (χ3n) is 3.64. The van der Waals surface area contributed by atoms with E-state index in [9.17, 15) is 8.42 Å². The molecule has 1 fully saturated rings. The first-order valence-electron chi connectivity index (χ1n) is 6.63. The third-order valence-corrected chi connectivity index (χ3v) is 5.25. The number of nitrogens with zero attached hydrogens (tertiary/aromatic N) is 2. The summed E-state index contributed by atoms with van der Waals surface area (Å²) in [6.07, 6.45) is 0. The van der Waals surface area contributed by atoms with Crippen molar-refractivity contribution in [3.05, 3.63) is 35.9 Å². The number of fused-ring (bicyclic) bond motifs is 1. The Hall–Kier alpha value is -1.66. The van der Waals surface area contributed by atoms with Crippen LogP contribution in [0, 0.1) is 0 Å². The second-order valence-corrected chi connectivity index (χ2v) is 7.31. The zero-order valence-electron chi connectivity index (χ0n) is 11.1. The van der Waals surface area contributed by atoms with Gasteiger partial charge in [-0.05, 0) is 12.1 Å². The molecule has 0 amide bonds. The highest BCUT2D eigenvalue weighted by molar-refractivity contribution is 7.91. The molecule has 5 nitrogen and oxygen atoms in total. The topological polar surface area (TPSA) is 76.3 Å². The van der Waals surface area contributed by atoms with Crippen molar-refractivity contribution in [3.8, 4) is 0 Å². The predicted octanol–water partition coefficient (Wildman–Crippen LogP) is 0.928. The molecule has 2 heterocycles. The van der Waals surface area contributed by atoms with Crippen molar-refractivity contribution in [2.24, 2.45) is 5.73 Å². The summed E-state index contributed by atoms with van der Waals surface area (Å²) in [6.45, 7) is 1.37. The number of hydrogen-bond acceptors (Lipinski definition) is 5. The Labute approximate surface area is 118 Å². The van der Waals surface area contributed by atoms with E-state index >= 15 is 0 Å². The average Bonchev–Trinajstić information content (AvgIpc) is 2.46.